The van der Waals surface area contributed by atoms with Crippen molar-refractivity contribution >= 4 is 33.8 Å². The Hall–Kier alpha value is -0.980. The van der Waals surface area contributed by atoms with Crippen molar-refractivity contribution in [3.05, 3.63) is 26.6 Å². The van der Waals surface area contributed by atoms with E-state index in [-0.39, 0.29) is 5.56 Å². The van der Waals surface area contributed by atoms with E-state index in [4.69, 9.17) is 12.2 Å². The highest BCUT2D eigenvalue weighted by atomic mass is 32.1. The molecule has 0 atom stereocenters. The van der Waals surface area contributed by atoms with Gasteiger partial charge in [0.1, 0.15) is 4.70 Å². The lowest BCUT2D eigenvalue weighted by atomic mass is 10.2. The van der Waals surface area contributed by atoms with Crippen LogP contribution in [0.4, 0.5) is 0 Å². The highest BCUT2D eigenvalue weighted by Gasteiger charge is 2.12. The Kier molecular flexibility index (Phi) is 4.87. The van der Waals surface area contributed by atoms with E-state index in [2.05, 4.69) is 4.98 Å². The third-order valence-corrected chi connectivity index (χ3v) is 5.54. The number of thiophene rings is 1. The second-order valence-corrected chi connectivity index (χ2v) is 7.12. The van der Waals surface area contributed by atoms with Crippen LogP contribution in [0.1, 0.15) is 32.1 Å². The summed E-state index contributed by atoms with van der Waals surface area (Å²) in [4.78, 5) is 17.3. The predicted octanol–water partition coefficient (Wildman–Crippen LogP) is 1.97. The molecule has 6 heteroatoms. The van der Waals surface area contributed by atoms with Crippen LogP contribution in [0.15, 0.2) is 16.2 Å². The second-order valence-electron chi connectivity index (χ2n) is 5.82. The van der Waals surface area contributed by atoms with Crippen molar-refractivity contribution < 1.29 is 4.90 Å². The molecule has 1 aliphatic rings. The summed E-state index contributed by atoms with van der Waals surface area (Å²) >= 11 is 6.81. The molecule has 2 aromatic rings. The highest BCUT2D eigenvalue weighted by molar-refractivity contribution is 7.71. The monoisotopic (exact) mass is 324 g/mol. The van der Waals surface area contributed by atoms with Crippen LogP contribution in [-0.4, -0.2) is 29.2 Å². The molecule has 0 amide bonds. The van der Waals surface area contributed by atoms with Crippen LogP contribution in [0.25, 0.3) is 10.2 Å². The smallest absolute Gasteiger partial charge is 0.272 e. The second kappa shape index (κ2) is 6.85. The Morgan fingerprint density at radius 3 is 2.81 bits per heavy atom. The van der Waals surface area contributed by atoms with Gasteiger partial charge in [-0.3, -0.25) is 9.36 Å². The maximum atomic E-state index is 12.4. The summed E-state index contributed by atoms with van der Waals surface area (Å²) in [6, 6.07) is 1.92. The van der Waals surface area contributed by atoms with Gasteiger partial charge in [0.15, 0.2) is 4.77 Å². The van der Waals surface area contributed by atoms with Gasteiger partial charge >= 0.3 is 0 Å². The molecular weight excluding hydrogens is 302 g/mol. The Balaban J connectivity index is 1.67. The number of quaternary nitrogens is 1. The van der Waals surface area contributed by atoms with Gasteiger partial charge in [-0.05, 0) is 49.3 Å². The Labute approximate surface area is 133 Å². The van der Waals surface area contributed by atoms with Gasteiger partial charge in [-0.15, -0.1) is 11.3 Å². The van der Waals surface area contributed by atoms with E-state index in [0.717, 1.165) is 29.7 Å². The summed E-state index contributed by atoms with van der Waals surface area (Å²) in [6.45, 7) is 4.44. The fraction of sp³-hybridized carbons (Fsp3) is 0.600. The van der Waals surface area contributed by atoms with Crippen LogP contribution in [0.2, 0.25) is 0 Å². The maximum absolute atomic E-state index is 12.4. The minimum absolute atomic E-state index is 0.0645. The van der Waals surface area contributed by atoms with E-state index < -0.39 is 0 Å². The summed E-state index contributed by atoms with van der Waals surface area (Å²) in [5, 5.41) is 1.93. The van der Waals surface area contributed by atoms with E-state index in [0.29, 0.717) is 4.77 Å². The summed E-state index contributed by atoms with van der Waals surface area (Å²) < 4.78 is 3.06. The number of aromatic amines is 1. The van der Waals surface area contributed by atoms with Crippen molar-refractivity contribution in [1.82, 2.24) is 9.55 Å². The first kappa shape index (κ1) is 14.9. The van der Waals surface area contributed by atoms with Crippen molar-refractivity contribution in [1.29, 1.82) is 0 Å². The van der Waals surface area contributed by atoms with Gasteiger partial charge in [-0.1, -0.05) is 0 Å². The van der Waals surface area contributed by atoms with Gasteiger partial charge in [-0.25, -0.2) is 0 Å². The summed E-state index contributed by atoms with van der Waals surface area (Å²) in [5.41, 5.74) is 0.930. The molecule has 114 valence electrons. The number of rotatable bonds is 4. The summed E-state index contributed by atoms with van der Waals surface area (Å²) in [6.07, 6.45) is 6.46. The summed E-state index contributed by atoms with van der Waals surface area (Å²) in [7, 11) is 0. The van der Waals surface area contributed by atoms with Crippen LogP contribution in [0.3, 0.4) is 0 Å². The van der Waals surface area contributed by atoms with E-state index >= 15 is 0 Å². The molecule has 3 heterocycles. The quantitative estimate of drug-likeness (QED) is 0.845. The molecule has 4 nitrogen and oxygen atoms in total. The van der Waals surface area contributed by atoms with Crippen LogP contribution in [0.5, 0.6) is 0 Å². The van der Waals surface area contributed by atoms with Crippen molar-refractivity contribution in [2.45, 2.75) is 38.6 Å². The number of nitrogens with zero attached hydrogens (tertiary/aromatic N) is 1. The van der Waals surface area contributed by atoms with Gasteiger partial charge in [0.2, 0.25) is 0 Å². The first-order valence-electron chi connectivity index (χ1n) is 7.79. The van der Waals surface area contributed by atoms with Crippen LogP contribution in [-0.2, 0) is 6.54 Å². The minimum atomic E-state index is 0.0645. The molecule has 0 aliphatic carbocycles. The number of likely N-dealkylation sites (tertiary alicyclic amines) is 1. The van der Waals surface area contributed by atoms with Gasteiger partial charge < -0.3 is 9.88 Å². The molecule has 0 saturated carbocycles. The number of aromatic nitrogens is 2. The number of nitrogens with one attached hydrogen (secondary N) is 2. The van der Waals surface area contributed by atoms with E-state index in [9.17, 15) is 4.79 Å². The highest BCUT2D eigenvalue weighted by Crippen LogP contribution is 2.13. The lowest BCUT2D eigenvalue weighted by Gasteiger charge is -2.17. The maximum Gasteiger partial charge on any atom is 0.272 e. The number of H-pyrrole nitrogens is 1. The van der Waals surface area contributed by atoms with Crippen molar-refractivity contribution in [2.75, 3.05) is 19.6 Å². The van der Waals surface area contributed by atoms with E-state index in [1.165, 1.54) is 50.1 Å². The standard InChI is InChI=1S/C15H21N3OS2/c19-14-13-12(6-11-21-13)16-15(20)18(14)10-5-9-17-7-3-1-2-4-8-17/h6,11H,1-5,7-10H2,(H,16,20)/p+1. The molecule has 0 aromatic carbocycles. The lowest BCUT2D eigenvalue weighted by Crippen LogP contribution is -3.11. The Bertz CT molecular complexity index is 708. The predicted molar refractivity (Wildman–Crippen MR) is 89.9 cm³/mol. The van der Waals surface area contributed by atoms with Gasteiger partial charge in [0.05, 0.1) is 25.2 Å². The molecule has 0 spiro atoms. The van der Waals surface area contributed by atoms with Crippen LogP contribution < -0.4 is 10.5 Å². The molecule has 0 radical (unpaired) electrons. The number of fused-ring (bicyclic) bond motifs is 1. The van der Waals surface area contributed by atoms with E-state index in [1.54, 1.807) is 9.47 Å². The lowest BCUT2D eigenvalue weighted by molar-refractivity contribution is -0.899. The Morgan fingerprint density at radius 1 is 1.29 bits per heavy atom. The normalized spacial score (nSPS) is 17.1. The minimum Gasteiger partial charge on any atom is -0.335 e. The molecule has 21 heavy (non-hydrogen) atoms. The molecule has 2 N–H and O–H groups in total. The van der Waals surface area contributed by atoms with Crippen molar-refractivity contribution in [3.63, 3.8) is 0 Å². The number of hydrogen-bond acceptors (Lipinski definition) is 3. The topological polar surface area (TPSA) is 42.2 Å². The molecule has 3 rings (SSSR count). The first-order chi connectivity index (χ1) is 10.3. The average molecular weight is 324 g/mol. The molecule has 0 bridgehead atoms. The van der Waals surface area contributed by atoms with Crippen molar-refractivity contribution in [2.24, 2.45) is 0 Å². The Morgan fingerprint density at radius 2 is 2.05 bits per heavy atom. The van der Waals surface area contributed by atoms with Crippen molar-refractivity contribution in [3.8, 4) is 0 Å². The number of hydrogen-bond donors (Lipinski definition) is 2. The van der Waals surface area contributed by atoms with Gasteiger partial charge in [0, 0.05) is 13.0 Å². The first-order valence-corrected chi connectivity index (χ1v) is 9.08. The third kappa shape index (κ3) is 3.44. The van der Waals surface area contributed by atoms with Crippen LogP contribution >= 0.6 is 23.6 Å². The zero-order chi connectivity index (χ0) is 14.7. The average Bonchev–Trinajstić information content (AvgIpc) is 2.78. The third-order valence-electron chi connectivity index (χ3n) is 4.31. The fourth-order valence-electron chi connectivity index (χ4n) is 3.14. The van der Waals surface area contributed by atoms with Crippen LogP contribution in [0, 0.1) is 4.77 Å². The SMILES string of the molecule is O=c1c2sccc2[nH]c(=S)n1CCC[NH+]1CCCCCC1. The zero-order valence-corrected chi connectivity index (χ0v) is 13.8. The summed E-state index contributed by atoms with van der Waals surface area (Å²) in [5.74, 6) is 0. The largest absolute Gasteiger partial charge is 0.335 e. The molecule has 2 aromatic heterocycles. The molecular formula is C15H22N3OS2+. The zero-order valence-electron chi connectivity index (χ0n) is 12.2. The van der Waals surface area contributed by atoms with Gasteiger partial charge in [0.25, 0.3) is 5.56 Å². The molecule has 0 unspecified atom stereocenters. The molecule has 1 fully saturated rings. The fourth-order valence-corrected chi connectivity index (χ4v) is 4.22. The molecule has 1 aliphatic heterocycles. The van der Waals surface area contributed by atoms with Gasteiger partial charge in [-0.2, -0.15) is 0 Å². The van der Waals surface area contributed by atoms with E-state index in [1.807, 2.05) is 11.4 Å². The molecule has 1 saturated heterocycles.